The predicted molar refractivity (Wildman–Crippen MR) is 148 cm³/mol. The van der Waals surface area contributed by atoms with Crippen molar-refractivity contribution in [3.63, 3.8) is 0 Å². The van der Waals surface area contributed by atoms with Crippen LogP contribution in [-0.4, -0.2) is 34.2 Å². The van der Waals surface area contributed by atoms with E-state index in [0.717, 1.165) is 57.1 Å². The number of aliphatic hydroxyl groups is 1. The van der Waals surface area contributed by atoms with E-state index in [1.807, 2.05) is 12.1 Å². The van der Waals surface area contributed by atoms with E-state index in [1.165, 1.54) is 17.6 Å². The molecule has 5 heteroatoms. The Kier molecular flexibility index (Phi) is 7.54. The minimum atomic E-state index is -0.792. The van der Waals surface area contributed by atoms with Crippen LogP contribution >= 0.6 is 0 Å². The summed E-state index contributed by atoms with van der Waals surface area (Å²) < 4.78 is 5.69. The molecule has 3 fully saturated rings. The number of hydrogen-bond donors (Lipinski definition) is 2. The van der Waals surface area contributed by atoms with E-state index in [2.05, 4.69) is 39.0 Å². The van der Waals surface area contributed by atoms with Gasteiger partial charge in [-0.1, -0.05) is 37.6 Å². The Balaban J connectivity index is 1.28. The Hall–Kier alpha value is -2.14. The number of carbonyl (C=O) groups excluding carboxylic acids is 1. The number of ether oxygens (including phenoxy) is 1. The van der Waals surface area contributed by atoms with Crippen molar-refractivity contribution in [2.24, 2.45) is 34.5 Å². The highest BCUT2D eigenvalue weighted by Gasteiger charge is 2.63. The number of aliphatic carboxylic acids is 1. The molecular weight excluding hydrogens is 476 g/mol. The molecule has 1 aromatic rings. The van der Waals surface area contributed by atoms with Gasteiger partial charge in [-0.3, -0.25) is 9.59 Å². The average molecular weight is 523 g/mol. The molecule has 0 aromatic heterocycles. The summed E-state index contributed by atoms with van der Waals surface area (Å²) in [6, 6.07) is 8.22. The highest BCUT2D eigenvalue weighted by molar-refractivity contribution is 5.82. The van der Waals surface area contributed by atoms with Gasteiger partial charge < -0.3 is 14.9 Å². The van der Waals surface area contributed by atoms with E-state index in [1.54, 1.807) is 0 Å². The first-order chi connectivity index (χ1) is 18.0. The van der Waals surface area contributed by atoms with Gasteiger partial charge in [0, 0.05) is 19.3 Å². The summed E-state index contributed by atoms with van der Waals surface area (Å²) in [5.41, 5.74) is 2.25. The molecule has 2 N–H and O–H groups in total. The Bertz CT molecular complexity index is 1070. The SMILES string of the molecule is C[C@]12CCC(=O)CC1=C[C@@H](CCCc1ccc(OCCCC(=O)O)cc1)C1C2CC[C@@]2(C)C1CC[C@]2(C)O. The summed E-state index contributed by atoms with van der Waals surface area (Å²) in [7, 11) is 0. The van der Waals surface area contributed by atoms with Crippen LogP contribution in [-0.2, 0) is 16.0 Å². The van der Waals surface area contributed by atoms with Crippen molar-refractivity contribution in [2.45, 2.75) is 103 Å². The van der Waals surface area contributed by atoms with Crippen molar-refractivity contribution in [3.8, 4) is 5.75 Å². The number of ketones is 1. The second-order valence-electron chi connectivity index (χ2n) is 13.4. The number of aryl methyl sites for hydroxylation is 1. The third-order valence-corrected chi connectivity index (χ3v) is 11.4. The summed E-state index contributed by atoms with van der Waals surface area (Å²) in [4.78, 5) is 23.1. The van der Waals surface area contributed by atoms with Crippen LogP contribution in [0, 0.1) is 34.5 Å². The average Bonchev–Trinajstić information content (AvgIpc) is 3.12. The molecule has 1 aromatic carbocycles. The number of Topliss-reactive ketones (excluding diaryl/α,β-unsaturated/α-hetero) is 1. The number of benzene rings is 1. The van der Waals surface area contributed by atoms with Gasteiger partial charge in [0.15, 0.2) is 0 Å². The van der Waals surface area contributed by atoms with Crippen LogP contribution < -0.4 is 4.74 Å². The van der Waals surface area contributed by atoms with E-state index < -0.39 is 11.6 Å². The lowest BCUT2D eigenvalue weighted by Gasteiger charge is -2.60. The van der Waals surface area contributed by atoms with E-state index in [0.29, 0.717) is 48.9 Å². The molecule has 5 nitrogen and oxygen atoms in total. The molecule has 0 heterocycles. The van der Waals surface area contributed by atoms with E-state index >= 15 is 0 Å². The molecule has 3 saturated carbocycles. The smallest absolute Gasteiger partial charge is 0.303 e. The molecule has 4 aliphatic rings. The zero-order valence-corrected chi connectivity index (χ0v) is 23.5. The highest BCUT2D eigenvalue weighted by atomic mass is 16.5. The fraction of sp³-hybridized carbons (Fsp3) is 0.697. The molecule has 3 unspecified atom stereocenters. The molecule has 38 heavy (non-hydrogen) atoms. The van der Waals surface area contributed by atoms with Gasteiger partial charge in [0.2, 0.25) is 0 Å². The lowest BCUT2D eigenvalue weighted by Crippen LogP contribution is -2.55. The normalized spacial score (nSPS) is 38.1. The van der Waals surface area contributed by atoms with Gasteiger partial charge in [-0.2, -0.15) is 0 Å². The number of rotatable bonds is 9. The van der Waals surface area contributed by atoms with E-state index in [9.17, 15) is 14.7 Å². The van der Waals surface area contributed by atoms with Gasteiger partial charge in [-0.15, -0.1) is 0 Å². The minimum absolute atomic E-state index is 0.0150. The molecular formula is C33H46O5. The Labute approximate surface area is 228 Å². The summed E-state index contributed by atoms with van der Waals surface area (Å²) in [5.74, 6) is 2.63. The maximum atomic E-state index is 12.5. The minimum Gasteiger partial charge on any atom is -0.494 e. The van der Waals surface area contributed by atoms with Crippen LogP contribution in [0.2, 0.25) is 0 Å². The Morgan fingerprint density at radius 1 is 1.03 bits per heavy atom. The number of carboxylic acids is 1. The molecule has 0 bridgehead atoms. The predicted octanol–water partition coefficient (Wildman–Crippen LogP) is 6.76. The highest BCUT2D eigenvalue weighted by Crippen LogP contribution is 2.68. The number of fused-ring (bicyclic) bond motifs is 5. The first-order valence-corrected chi connectivity index (χ1v) is 14.9. The molecule has 0 saturated heterocycles. The quantitative estimate of drug-likeness (QED) is 0.276. The fourth-order valence-corrected chi connectivity index (χ4v) is 8.87. The standard InChI is InChI=1S/C33H46O5/c1-31-16-13-25(34)21-24(31)20-23(30-27(31)14-17-32(2)28(30)15-18-33(32,3)37)7-4-6-22-9-11-26(12-10-22)38-19-5-8-29(35)36/h9-12,20,23,27-28,30,37H,4-8,13-19,21H2,1-3H3,(H,35,36)/t23-,27?,28?,30?,31+,32+,33+/m1/s1. The first kappa shape index (κ1) is 27.4. The third-order valence-electron chi connectivity index (χ3n) is 11.4. The van der Waals surface area contributed by atoms with Gasteiger partial charge in [0.25, 0.3) is 0 Å². The molecule has 7 atom stereocenters. The summed E-state index contributed by atoms with van der Waals surface area (Å²) in [6.45, 7) is 7.29. The van der Waals surface area contributed by atoms with Crippen LogP contribution in [0.5, 0.6) is 5.75 Å². The van der Waals surface area contributed by atoms with Crippen molar-refractivity contribution in [1.82, 2.24) is 0 Å². The van der Waals surface area contributed by atoms with Crippen LogP contribution in [0.25, 0.3) is 0 Å². The maximum Gasteiger partial charge on any atom is 0.303 e. The van der Waals surface area contributed by atoms with Gasteiger partial charge in [0.1, 0.15) is 11.5 Å². The second kappa shape index (κ2) is 10.4. The molecule has 0 radical (unpaired) electrons. The number of carboxylic acid groups (broad SMARTS) is 1. The van der Waals surface area contributed by atoms with Gasteiger partial charge in [0.05, 0.1) is 12.2 Å². The van der Waals surface area contributed by atoms with Crippen molar-refractivity contribution in [3.05, 3.63) is 41.5 Å². The zero-order chi connectivity index (χ0) is 27.1. The first-order valence-electron chi connectivity index (χ1n) is 14.9. The van der Waals surface area contributed by atoms with Crippen LogP contribution in [0.3, 0.4) is 0 Å². The van der Waals surface area contributed by atoms with Crippen LogP contribution in [0.15, 0.2) is 35.9 Å². The Morgan fingerprint density at radius 3 is 2.50 bits per heavy atom. The summed E-state index contributed by atoms with van der Waals surface area (Å²) >= 11 is 0. The van der Waals surface area contributed by atoms with E-state index in [-0.39, 0.29) is 17.3 Å². The molecule has 208 valence electrons. The van der Waals surface area contributed by atoms with Crippen molar-refractivity contribution in [2.75, 3.05) is 6.61 Å². The molecule has 4 aliphatic carbocycles. The molecule has 5 rings (SSSR count). The number of hydrogen-bond acceptors (Lipinski definition) is 4. The lowest BCUT2D eigenvalue weighted by atomic mass is 9.45. The van der Waals surface area contributed by atoms with Crippen molar-refractivity contribution >= 4 is 11.8 Å². The maximum absolute atomic E-state index is 12.5. The molecule has 0 spiro atoms. The fourth-order valence-electron chi connectivity index (χ4n) is 8.87. The topological polar surface area (TPSA) is 83.8 Å². The number of allylic oxidation sites excluding steroid dienone is 2. The zero-order valence-electron chi connectivity index (χ0n) is 23.5. The molecule has 0 amide bonds. The van der Waals surface area contributed by atoms with Gasteiger partial charge >= 0.3 is 5.97 Å². The lowest BCUT2D eigenvalue weighted by molar-refractivity contribution is -0.137. The monoisotopic (exact) mass is 522 g/mol. The summed E-state index contributed by atoms with van der Waals surface area (Å²) in [6.07, 6.45) is 13.0. The Morgan fingerprint density at radius 2 is 1.76 bits per heavy atom. The largest absolute Gasteiger partial charge is 0.494 e. The van der Waals surface area contributed by atoms with Crippen molar-refractivity contribution < 1.29 is 24.5 Å². The number of carbonyl (C=O) groups is 2. The van der Waals surface area contributed by atoms with Crippen LogP contribution in [0.4, 0.5) is 0 Å². The van der Waals surface area contributed by atoms with Gasteiger partial charge in [-0.25, -0.2) is 0 Å². The third kappa shape index (κ3) is 4.96. The van der Waals surface area contributed by atoms with E-state index in [4.69, 9.17) is 9.84 Å². The second-order valence-corrected chi connectivity index (χ2v) is 13.4. The van der Waals surface area contributed by atoms with Crippen LogP contribution in [0.1, 0.15) is 97.0 Å². The molecule has 0 aliphatic heterocycles. The van der Waals surface area contributed by atoms with Crippen molar-refractivity contribution in [1.29, 1.82) is 0 Å². The summed E-state index contributed by atoms with van der Waals surface area (Å²) in [5, 5.41) is 20.2. The van der Waals surface area contributed by atoms with Gasteiger partial charge in [-0.05, 0) is 117 Å².